The summed E-state index contributed by atoms with van der Waals surface area (Å²) in [7, 11) is 0. The first-order chi connectivity index (χ1) is 18.2. The van der Waals surface area contributed by atoms with Crippen molar-refractivity contribution in [3.8, 4) is 11.5 Å². The van der Waals surface area contributed by atoms with Gasteiger partial charge in [0.15, 0.2) is 11.5 Å². The molecule has 1 aromatic heterocycles. The molecule has 0 bridgehead atoms. The maximum Gasteiger partial charge on any atom is 0.282 e. The van der Waals surface area contributed by atoms with Crippen LogP contribution < -0.4 is 15.0 Å². The third kappa shape index (κ3) is 5.95. The predicted molar refractivity (Wildman–Crippen MR) is 156 cm³/mol. The molecule has 3 aromatic carbocycles. The lowest BCUT2D eigenvalue weighted by Gasteiger charge is -2.17. The zero-order chi connectivity index (χ0) is 27.4. The summed E-state index contributed by atoms with van der Waals surface area (Å²) in [5, 5.41) is 5.22. The number of rotatable bonds is 9. The number of hydrogen-bond donors (Lipinski definition) is 0. The Hall–Kier alpha value is -2.75. The Morgan fingerprint density at radius 3 is 2.63 bits per heavy atom. The first kappa shape index (κ1) is 28.3. The second kappa shape index (κ2) is 12.4. The number of benzene rings is 3. The molecular weight excluding hydrogens is 641 g/mol. The lowest BCUT2D eigenvalue weighted by atomic mass is 10.1. The summed E-state index contributed by atoms with van der Waals surface area (Å²) in [5.41, 5.74) is 1.28. The molecule has 4 rings (SSSR count). The van der Waals surface area contributed by atoms with Crippen LogP contribution in [0.2, 0.25) is 5.02 Å². The van der Waals surface area contributed by atoms with Crippen LogP contribution in [0.1, 0.15) is 50.1 Å². The average molecular weight is 666 g/mol. The van der Waals surface area contributed by atoms with Crippen molar-refractivity contribution in [3.05, 3.63) is 95.6 Å². The molecule has 1 heterocycles. The van der Waals surface area contributed by atoms with Gasteiger partial charge < -0.3 is 9.47 Å². The van der Waals surface area contributed by atoms with Gasteiger partial charge in [-0.2, -0.15) is 9.78 Å². The van der Waals surface area contributed by atoms with E-state index in [2.05, 4.69) is 37.0 Å². The molecule has 4 aromatic rings. The van der Waals surface area contributed by atoms with Crippen LogP contribution in [0.3, 0.4) is 0 Å². The van der Waals surface area contributed by atoms with Gasteiger partial charge in [0.05, 0.1) is 23.7 Å². The zero-order valence-corrected chi connectivity index (χ0v) is 24.9. The highest BCUT2D eigenvalue weighted by Gasteiger charge is 2.19. The third-order valence-corrected chi connectivity index (χ3v) is 7.92. The largest absolute Gasteiger partial charge is 0.490 e. The Labute approximate surface area is 241 Å². The Bertz CT molecular complexity index is 1580. The predicted octanol–water partition coefficient (Wildman–Crippen LogP) is 8.09. The van der Waals surface area contributed by atoms with Crippen LogP contribution in [0.15, 0.2) is 67.4 Å². The van der Waals surface area contributed by atoms with Crippen molar-refractivity contribution in [2.45, 2.75) is 39.7 Å². The molecule has 10 heteroatoms. The van der Waals surface area contributed by atoms with Crippen LogP contribution in [0.4, 0.5) is 4.39 Å². The van der Waals surface area contributed by atoms with E-state index in [-0.39, 0.29) is 34.7 Å². The normalized spacial score (nSPS) is 12.3. The number of halogens is 4. The molecule has 0 radical (unpaired) electrons. The van der Waals surface area contributed by atoms with Crippen molar-refractivity contribution in [2.24, 2.45) is 5.10 Å². The quantitative estimate of drug-likeness (QED) is 0.170. The Balaban J connectivity index is 1.77. The summed E-state index contributed by atoms with van der Waals surface area (Å²) < 4.78 is 28.4. The highest BCUT2D eigenvalue weighted by molar-refractivity contribution is 9.10. The van der Waals surface area contributed by atoms with E-state index >= 15 is 0 Å². The van der Waals surface area contributed by atoms with Gasteiger partial charge in [0.1, 0.15) is 23.3 Å². The lowest BCUT2D eigenvalue weighted by Crippen LogP contribution is -2.23. The van der Waals surface area contributed by atoms with E-state index in [9.17, 15) is 9.18 Å². The molecule has 198 valence electrons. The molecule has 0 saturated carbocycles. The summed E-state index contributed by atoms with van der Waals surface area (Å²) in [4.78, 5) is 18.2. The van der Waals surface area contributed by atoms with Crippen LogP contribution in [0.25, 0.3) is 10.9 Å². The van der Waals surface area contributed by atoms with E-state index < -0.39 is 0 Å². The van der Waals surface area contributed by atoms with Crippen molar-refractivity contribution >= 4 is 60.6 Å². The molecule has 1 atom stereocenters. The van der Waals surface area contributed by atoms with E-state index in [1.807, 2.05) is 32.9 Å². The van der Waals surface area contributed by atoms with Crippen molar-refractivity contribution in [1.82, 2.24) is 9.66 Å². The fourth-order valence-electron chi connectivity index (χ4n) is 3.76. The van der Waals surface area contributed by atoms with Gasteiger partial charge in [0, 0.05) is 26.0 Å². The first-order valence-electron chi connectivity index (χ1n) is 12.0. The van der Waals surface area contributed by atoms with Crippen LogP contribution in [0, 0.1) is 5.82 Å². The van der Waals surface area contributed by atoms with Gasteiger partial charge in [-0.1, -0.05) is 59.6 Å². The fourth-order valence-corrected chi connectivity index (χ4v) is 4.78. The zero-order valence-electron chi connectivity index (χ0n) is 21.0. The van der Waals surface area contributed by atoms with E-state index in [1.54, 1.807) is 30.3 Å². The summed E-state index contributed by atoms with van der Waals surface area (Å²) in [6.07, 6.45) is 2.31. The topological polar surface area (TPSA) is 65.7 Å². The van der Waals surface area contributed by atoms with Crippen LogP contribution in [0.5, 0.6) is 11.5 Å². The SMILES string of the molecule is CCOc1cc(C=Nn2c([C@@H](C)CC)nc3ccc(Br)cc3c2=O)c(Br)c(Cl)c1OCc1ccccc1F. The summed E-state index contributed by atoms with van der Waals surface area (Å²) >= 11 is 13.6. The Morgan fingerprint density at radius 2 is 1.92 bits per heavy atom. The second-order valence-corrected chi connectivity index (χ2v) is 10.6. The van der Waals surface area contributed by atoms with Crippen molar-refractivity contribution in [3.63, 3.8) is 0 Å². The van der Waals surface area contributed by atoms with Gasteiger partial charge in [-0.15, -0.1) is 0 Å². The number of fused-ring (bicyclic) bond motifs is 1. The molecule has 0 saturated heterocycles. The van der Waals surface area contributed by atoms with Gasteiger partial charge in [0.2, 0.25) is 0 Å². The molecule has 0 fully saturated rings. The molecule has 6 nitrogen and oxygen atoms in total. The molecule has 0 aliphatic carbocycles. The van der Waals surface area contributed by atoms with Gasteiger partial charge in [-0.05, 0) is 59.6 Å². The van der Waals surface area contributed by atoms with Crippen molar-refractivity contribution in [2.75, 3.05) is 6.61 Å². The summed E-state index contributed by atoms with van der Waals surface area (Å²) in [6, 6.07) is 13.5. The van der Waals surface area contributed by atoms with E-state index in [4.69, 9.17) is 26.1 Å². The van der Waals surface area contributed by atoms with Crippen LogP contribution in [-0.4, -0.2) is 22.5 Å². The minimum absolute atomic E-state index is 0.00642. The van der Waals surface area contributed by atoms with E-state index in [0.717, 1.165) is 10.9 Å². The fraction of sp³-hybridized carbons (Fsp3) is 0.250. The first-order valence-corrected chi connectivity index (χ1v) is 14.0. The smallest absolute Gasteiger partial charge is 0.282 e. The van der Waals surface area contributed by atoms with Crippen molar-refractivity contribution < 1.29 is 13.9 Å². The maximum atomic E-state index is 14.1. The number of hydrogen-bond acceptors (Lipinski definition) is 5. The van der Waals surface area contributed by atoms with Gasteiger partial charge in [-0.3, -0.25) is 4.79 Å². The highest BCUT2D eigenvalue weighted by atomic mass is 79.9. The highest BCUT2D eigenvalue weighted by Crippen LogP contribution is 2.42. The summed E-state index contributed by atoms with van der Waals surface area (Å²) in [5.74, 6) is 0.820. The molecule has 0 aliphatic heterocycles. The number of ether oxygens (including phenoxy) is 2. The number of nitrogens with zero attached hydrogens (tertiary/aromatic N) is 3. The van der Waals surface area contributed by atoms with Crippen molar-refractivity contribution in [1.29, 1.82) is 0 Å². The maximum absolute atomic E-state index is 14.1. The summed E-state index contributed by atoms with van der Waals surface area (Å²) in [6.45, 7) is 6.19. The Kier molecular flexibility index (Phi) is 9.23. The second-order valence-electron chi connectivity index (χ2n) is 8.54. The van der Waals surface area contributed by atoms with Gasteiger partial charge in [0.25, 0.3) is 5.56 Å². The molecule has 0 aliphatic rings. The van der Waals surface area contributed by atoms with E-state index in [1.165, 1.54) is 17.0 Å². The average Bonchev–Trinajstić information content (AvgIpc) is 2.91. The van der Waals surface area contributed by atoms with Crippen LogP contribution >= 0.6 is 43.5 Å². The monoisotopic (exact) mass is 663 g/mol. The molecule has 0 unspecified atom stereocenters. The number of aromatic nitrogens is 2. The minimum atomic E-state index is -0.372. The minimum Gasteiger partial charge on any atom is -0.490 e. The molecule has 0 N–H and O–H groups in total. The third-order valence-electron chi connectivity index (χ3n) is 5.98. The Morgan fingerprint density at radius 1 is 1.16 bits per heavy atom. The van der Waals surface area contributed by atoms with Gasteiger partial charge in [-0.25, -0.2) is 9.37 Å². The van der Waals surface area contributed by atoms with Crippen LogP contribution in [-0.2, 0) is 6.61 Å². The van der Waals surface area contributed by atoms with Gasteiger partial charge >= 0.3 is 0 Å². The lowest BCUT2D eigenvalue weighted by molar-refractivity contribution is 0.266. The molecule has 0 spiro atoms. The molecular formula is C28H25Br2ClFN3O3. The molecule has 0 amide bonds. The van der Waals surface area contributed by atoms with E-state index in [0.29, 0.717) is 44.7 Å². The molecule has 38 heavy (non-hydrogen) atoms. The standard InChI is InChI=1S/C28H25Br2ClFN3O3/c1-4-16(3)27-34-22-11-10-19(29)13-20(22)28(36)35(27)33-14-18-12-23(37-5-2)26(25(31)24(18)30)38-15-17-8-6-7-9-21(17)32/h6-14,16H,4-5,15H2,1-3H3/t16-/m0/s1.